The van der Waals surface area contributed by atoms with Crippen LogP contribution in [0.3, 0.4) is 0 Å². The van der Waals surface area contributed by atoms with Crippen LogP contribution >= 0.6 is 0 Å². The van der Waals surface area contributed by atoms with E-state index in [1.807, 2.05) is 13.8 Å². The van der Waals surface area contributed by atoms with Crippen LogP contribution in [-0.2, 0) is 9.84 Å². The Morgan fingerprint density at radius 3 is 2.37 bits per heavy atom. The third kappa shape index (κ3) is 5.20. The molecule has 0 bridgehead atoms. The van der Waals surface area contributed by atoms with E-state index in [1.54, 1.807) is 24.3 Å². The first kappa shape index (κ1) is 16.0. The summed E-state index contributed by atoms with van der Waals surface area (Å²) in [6.45, 7) is 4.47. The molecule has 0 fully saturated rings. The molecule has 0 heterocycles. The molecule has 2 N–H and O–H groups in total. The summed E-state index contributed by atoms with van der Waals surface area (Å²) >= 11 is 0. The Balaban J connectivity index is 2.57. The summed E-state index contributed by atoms with van der Waals surface area (Å²) in [5.74, 6) is 0.183. The molecule has 0 amide bonds. The van der Waals surface area contributed by atoms with Gasteiger partial charge in [-0.2, -0.15) is 0 Å². The molecule has 1 aromatic rings. The van der Waals surface area contributed by atoms with Crippen LogP contribution < -0.4 is 5.32 Å². The summed E-state index contributed by atoms with van der Waals surface area (Å²) in [5.41, 5.74) is 0.874. The van der Waals surface area contributed by atoms with Gasteiger partial charge in [-0.05, 0) is 43.5 Å². The Morgan fingerprint density at radius 2 is 1.84 bits per heavy atom. The predicted octanol–water partition coefficient (Wildman–Crippen LogP) is 2.44. The van der Waals surface area contributed by atoms with Crippen LogP contribution in [0.15, 0.2) is 29.2 Å². The summed E-state index contributed by atoms with van der Waals surface area (Å²) in [6, 6.07) is 6.79. The molecular formula is C14H23NO3S. The second kappa shape index (κ2) is 7.50. The number of benzene rings is 1. The first-order valence-electron chi connectivity index (χ1n) is 6.74. The van der Waals surface area contributed by atoms with Gasteiger partial charge in [-0.1, -0.05) is 13.8 Å². The van der Waals surface area contributed by atoms with E-state index in [4.69, 9.17) is 0 Å². The molecule has 0 spiro atoms. The maximum atomic E-state index is 11.8. The van der Waals surface area contributed by atoms with E-state index in [1.165, 1.54) is 0 Å². The minimum atomic E-state index is -3.13. The van der Waals surface area contributed by atoms with Crippen molar-refractivity contribution in [2.75, 3.05) is 17.6 Å². The quantitative estimate of drug-likeness (QED) is 0.770. The summed E-state index contributed by atoms with van der Waals surface area (Å²) in [7, 11) is -3.13. The number of sulfone groups is 1. The van der Waals surface area contributed by atoms with Crippen molar-refractivity contribution in [3.63, 3.8) is 0 Å². The zero-order valence-electron chi connectivity index (χ0n) is 11.6. The fraction of sp³-hybridized carbons (Fsp3) is 0.571. The van der Waals surface area contributed by atoms with Crippen LogP contribution in [0.25, 0.3) is 0 Å². The average Bonchev–Trinajstić information content (AvgIpc) is 2.39. The van der Waals surface area contributed by atoms with E-state index < -0.39 is 9.84 Å². The van der Waals surface area contributed by atoms with Crippen molar-refractivity contribution in [3.05, 3.63) is 24.3 Å². The van der Waals surface area contributed by atoms with E-state index in [0.717, 1.165) is 12.1 Å². The average molecular weight is 285 g/mol. The third-order valence-corrected chi connectivity index (χ3v) is 4.90. The Labute approximate surface area is 115 Å². The topological polar surface area (TPSA) is 66.4 Å². The summed E-state index contributed by atoms with van der Waals surface area (Å²) in [4.78, 5) is 0.369. The second-order valence-corrected chi connectivity index (χ2v) is 6.73. The molecular weight excluding hydrogens is 262 g/mol. The van der Waals surface area contributed by atoms with Crippen LogP contribution in [0.4, 0.5) is 5.69 Å². The number of hydrogen-bond donors (Lipinski definition) is 2. The number of anilines is 1. The van der Waals surface area contributed by atoms with Crippen LogP contribution in [0.5, 0.6) is 0 Å². The number of rotatable bonds is 8. The number of aliphatic hydroxyl groups excluding tert-OH is 1. The third-order valence-electron chi connectivity index (χ3n) is 2.96. The van der Waals surface area contributed by atoms with Crippen LogP contribution in [0, 0.1) is 0 Å². The SMILES string of the molecule is CCCS(=O)(=O)c1ccc(NCCC(O)CC)cc1. The van der Waals surface area contributed by atoms with Gasteiger partial charge in [0.2, 0.25) is 0 Å². The second-order valence-electron chi connectivity index (χ2n) is 4.62. The van der Waals surface area contributed by atoms with Crippen molar-refractivity contribution in [1.29, 1.82) is 0 Å². The highest BCUT2D eigenvalue weighted by Gasteiger charge is 2.12. The summed E-state index contributed by atoms with van der Waals surface area (Å²) < 4.78 is 23.7. The Kier molecular flexibility index (Phi) is 6.31. The molecule has 0 aliphatic heterocycles. The molecule has 0 aromatic heterocycles. The zero-order chi connectivity index (χ0) is 14.3. The first-order valence-corrected chi connectivity index (χ1v) is 8.39. The molecule has 1 unspecified atom stereocenters. The minimum Gasteiger partial charge on any atom is -0.393 e. The van der Waals surface area contributed by atoms with Crippen molar-refractivity contribution < 1.29 is 13.5 Å². The number of aliphatic hydroxyl groups is 1. The van der Waals surface area contributed by atoms with Crippen molar-refractivity contribution >= 4 is 15.5 Å². The van der Waals surface area contributed by atoms with Gasteiger partial charge in [0.15, 0.2) is 9.84 Å². The van der Waals surface area contributed by atoms with Gasteiger partial charge in [0.05, 0.1) is 16.8 Å². The highest BCUT2D eigenvalue weighted by atomic mass is 32.2. The molecule has 19 heavy (non-hydrogen) atoms. The molecule has 0 radical (unpaired) electrons. The maximum Gasteiger partial charge on any atom is 0.178 e. The number of nitrogens with one attached hydrogen (secondary N) is 1. The highest BCUT2D eigenvalue weighted by molar-refractivity contribution is 7.91. The van der Waals surface area contributed by atoms with E-state index in [0.29, 0.717) is 24.3 Å². The Bertz CT molecular complexity index is 468. The van der Waals surface area contributed by atoms with E-state index in [9.17, 15) is 13.5 Å². The van der Waals surface area contributed by atoms with Crippen LogP contribution in [0.2, 0.25) is 0 Å². The number of hydrogen-bond acceptors (Lipinski definition) is 4. The Morgan fingerprint density at radius 1 is 1.21 bits per heavy atom. The van der Waals surface area contributed by atoms with E-state index in [-0.39, 0.29) is 11.9 Å². The normalized spacial score (nSPS) is 13.2. The fourth-order valence-electron chi connectivity index (χ4n) is 1.75. The van der Waals surface area contributed by atoms with E-state index >= 15 is 0 Å². The lowest BCUT2D eigenvalue weighted by molar-refractivity contribution is 0.164. The zero-order valence-corrected chi connectivity index (χ0v) is 12.4. The summed E-state index contributed by atoms with van der Waals surface area (Å²) in [5, 5.41) is 12.6. The smallest absolute Gasteiger partial charge is 0.178 e. The molecule has 0 aliphatic carbocycles. The van der Waals surface area contributed by atoms with Crippen molar-refractivity contribution in [1.82, 2.24) is 0 Å². The molecule has 0 saturated carbocycles. The molecule has 1 atom stereocenters. The highest BCUT2D eigenvalue weighted by Crippen LogP contribution is 2.16. The summed E-state index contributed by atoms with van der Waals surface area (Å²) in [6.07, 6.45) is 1.77. The molecule has 0 aliphatic rings. The lowest BCUT2D eigenvalue weighted by Gasteiger charge is -2.10. The predicted molar refractivity (Wildman–Crippen MR) is 78.2 cm³/mol. The van der Waals surface area contributed by atoms with Crippen molar-refractivity contribution in [2.45, 2.75) is 44.1 Å². The van der Waals surface area contributed by atoms with Gasteiger partial charge < -0.3 is 10.4 Å². The van der Waals surface area contributed by atoms with Gasteiger partial charge >= 0.3 is 0 Å². The maximum absolute atomic E-state index is 11.8. The fourth-order valence-corrected chi connectivity index (χ4v) is 3.08. The van der Waals surface area contributed by atoms with Crippen LogP contribution in [0.1, 0.15) is 33.1 Å². The van der Waals surface area contributed by atoms with Gasteiger partial charge in [-0.15, -0.1) is 0 Å². The minimum absolute atomic E-state index is 0.183. The van der Waals surface area contributed by atoms with Gasteiger partial charge in [-0.3, -0.25) is 0 Å². The lowest BCUT2D eigenvalue weighted by atomic mass is 10.2. The van der Waals surface area contributed by atoms with Gasteiger partial charge in [-0.25, -0.2) is 8.42 Å². The van der Waals surface area contributed by atoms with Crippen LogP contribution in [-0.4, -0.2) is 31.9 Å². The van der Waals surface area contributed by atoms with Gasteiger partial charge in [0.1, 0.15) is 0 Å². The molecule has 1 aromatic carbocycles. The molecule has 5 heteroatoms. The van der Waals surface area contributed by atoms with Gasteiger partial charge in [0, 0.05) is 12.2 Å². The van der Waals surface area contributed by atoms with Crippen molar-refractivity contribution in [3.8, 4) is 0 Å². The van der Waals surface area contributed by atoms with E-state index in [2.05, 4.69) is 5.32 Å². The standard InChI is InChI=1S/C14H23NO3S/c1-3-11-19(17,18)14-7-5-12(6-8-14)15-10-9-13(16)4-2/h5-8,13,15-16H,3-4,9-11H2,1-2H3. The molecule has 108 valence electrons. The molecule has 0 saturated heterocycles. The monoisotopic (exact) mass is 285 g/mol. The largest absolute Gasteiger partial charge is 0.393 e. The van der Waals surface area contributed by atoms with Gasteiger partial charge in [0.25, 0.3) is 0 Å². The lowest BCUT2D eigenvalue weighted by Crippen LogP contribution is -2.12. The van der Waals surface area contributed by atoms with Crippen molar-refractivity contribution in [2.24, 2.45) is 0 Å². The molecule has 4 nitrogen and oxygen atoms in total. The Hall–Kier alpha value is -1.07. The first-order chi connectivity index (χ1) is 8.99. The molecule has 1 rings (SSSR count).